The minimum atomic E-state index is 0.0613. The number of hydrogen-bond donors (Lipinski definition) is 2. The number of benzene rings is 1. The number of carbonyl (C=O) groups excluding carboxylic acids is 1. The topological polar surface area (TPSA) is 62.8 Å². The molecule has 2 N–H and O–H groups in total. The Balaban J connectivity index is 1.70. The molecule has 140 valence electrons. The Labute approximate surface area is 154 Å². The first-order chi connectivity index (χ1) is 12.6. The van der Waals surface area contributed by atoms with Crippen molar-refractivity contribution in [3.8, 4) is 0 Å². The first kappa shape index (κ1) is 17.4. The van der Waals surface area contributed by atoms with Gasteiger partial charge in [-0.15, -0.1) is 0 Å². The van der Waals surface area contributed by atoms with Crippen molar-refractivity contribution in [2.24, 2.45) is 0 Å². The Kier molecular flexibility index (Phi) is 4.87. The molecule has 0 radical (unpaired) electrons. The van der Waals surface area contributed by atoms with Gasteiger partial charge in [-0.2, -0.15) is 0 Å². The zero-order valence-corrected chi connectivity index (χ0v) is 15.5. The van der Waals surface area contributed by atoms with E-state index in [1.807, 2.05) is 18.7 Å². The molecule has 0 unspecified atom stereocenters. The number of anilines is 2. The van der Waals surface area contributed by atoms with Crippen LogP contribution in [0.1, 0.15) is 32.3 Å². The molecule has 1 amide bonds. The van der Waals surface area contributed by atoms with Gasteiger partial charge in [0.25, 0.3) is 5.91 Å². The van der Waals surface area contributed by atoms with Crippen LogP contribution in [0.4, 0.5) is 11.4 Å². The summed E-state index contributed by atoms with van der Waals surface area (Å²) >= 11 is 0. The SMILES string of the molecule is CC(C)N1C(=O)/C(=C2/COCCN2)c2cc(NC3CCOCC3)ccc21. The van der Waals surface area contributed by atoms with Gasteiger partial charge in [-0.3, -0.25) is 4.79 Å². The van der Waals surface area contributed by atoms with Crippen LogP contribution in [0.5, 0.6) is 0 Å². The lowest BCUT2D eigenvalue weighted by molar-refractivity contribution is -0.113. The van der Waals surface area contributed by atoms with Crippen molar-refractivity contribution in [2.75, 3.05) is 43.2 Å². The fourth-order valence-electron chi connectivity index (χ4n) is 3.92. The quantitative estimate of drug-likeness (QED) is 0.813. The van der Waals surface area contributed by atoms with E-state index < -0.39 is 0 Å². The van der Waals surface area contributed by atoms with Crippen LogP contribution in [0.15, 0.2) is 23.9 Å². The summed E-state index contributed by atoms with van der Waals surface area (Å²) in [5.74, 6) is 0.0613. The van der Waals surface area contributed by atoms with Gasteiger partial charge in [0.2, 0.25) is 0 Å². The Morgan fingerprint density at radius 2 is 2.00 bits per heavy atom. The summed E-state index contributed by atoms with van der Waals surface area (Å²) in [5, 5.41) is 6.97. The minimum absolute atomic E-state index is 0.0613. The smallest absolute Gasteiger partial charge is 0.261 e. The van der Waals surface area contributed by atoms with E-state index in [0.29, 0.717) is 19.3 Å². The van der Waals surface area contributed by atoms with Crippen molar-refractivity contribution in [3.63, 3.8) is 0 Å². The predicted octanol–water partition coefficient (Wildman–Crippen LogP) is 2.36. The summed E-state index contributed by atoms with van der Waals surface area (Å²) in [6, 6.07) is 6.79. The molecule has 0 aliphatic carbocycles. The highest BCUT2D eigenvalue weighted by Gasteiger charge is 2.36. The predicted molar refractivity (Wildman–Crippen MR) is 102 cm³/mol. The zero-order valence-electron chi connectivity index (χ0n) is 15.5. The van der Waals surface area contributed by atoms with Gasteiger partial charge in [0.1, 0.15) is 0 Å². The molecule has 0 saturated carbocycles. The van der Waals surface area contributed by atoms with Crippen LogP contribution in [0.25, 0.3) is 5.57 Å². The number of ether oxygens (including phenoxy) is 2. The molecule has 6 nitrogen and oxygen atoms in total. The molecule has 1 aromatic rings. The first-order valence-corrected chi connectivity index (χ1v) is 9.52. The summed E-state index contributed by atoms with van der Waals surface area (Å²) in [7, 11) is 0. The van der Waals surface area contributed by atoms with E-state index in [0.717, 1.165) is 60.8 Å². The minimum Gasteiger partial charge on any atom is -0.383 e. The average molecular weight is 357 g/mol. The number of nitrogens with zero attached hydrogens (tertiary/aromatic N) is 1. The van der Waals surface area contributed by atoms with Crippen molar-refractivity contribution in [1.29, 1.82) is 0 Å². The fraction of sp³-hybridized carbons (Fsp3) is 0.550. The molecule has 1 aromatic carbocycles. The monoisotopic (exact) mass is 357 g/mol. The summed E-state index contributed by atoms with van der Waals surface area (Å²) in [6.07, 6.45) is 2.02. The largest absolute Gasteiger partial charge is 0.383 e. The maximum absolute atomic E-state index is 13.1. The molecule has 3 aliphatic rings. The molecule has 0 spiro atoms. The molecule has 2 saturated heterocycles. The highest BCUT2D eigenvalue weighted by atomic mass is 16.5. The van der Waals surface area contributed by atoms with Gasteiger partial charge in [-0.1, -0.05) is 0 Å². The number of carbonyl (C=O) groups is 1. The molecule has 4 rings (SSSR count). The molecule has 0 aromatic heterocycles. The maximum atomic E-state index is 13.1. The highest BCUT2D eigenvalue weighted by molar-refractivity contribution is 6.33. The van der Waals surface area contributed by atoms with E-state index in [-0.39, 0.29) is 11.9 Å². The number of amides is 1. The van der Waals surface area contributed by atoms with Gasteiger partial charge >= 0.3 is 0 Å². The molecule has 2 fully saturated rings. The van der Waals surface area contributed by atoms with Gasteiger partial charge in [0.05, 0.1) is 30.2 Å². The third kappa shape index (κ3) is 3.19. The normalized spacial score (nSPS) is 24.0. The molecule has 0 bridgehead atoms. The van der Waals surface area contributed by atoms with Gasteiger partial charge in [-0.05, 0) is 44.9 Å². The zero-order chi connectivity index (χ0) is 18.1. The van der Waals surface area contributed by atoms with Gasteiger partial charge in [0, 0.05) is 43.1 Å². The maximum Gasteiger partial charge on any atom is 0.261 e. The third-order valence-corrected chi connectivity index (χ3v) is 5.20. The Bertz CT molecular complexity index is 715. The first-order valence-electron chi connectivity index (χ1n) is 9.52. The van der Waals surface area contributed by atoms with E-state index in [4.69, 9.17) is 9.47 Å². The van der Waals surface area contributed by atoms with Gasteiger partial charge in [0.15, 0.2) is 0 Å². The van der Waals surface area contributed by atoms with Crippen LogP contribution < -0.4 is 15.5 Å². The molecule has 6 heteroatoms. The highest BCUT2D eigenvalue weighted by Crippen LogP contribution is 2.41. The van der Waals surface area contributed by atoms with Crippen molar-refractivity contribution >= 4 is 22.9 Å². The van der Waals surface area contributed by atoms with Gasteiger partial charge in [-0.25, -0.2) is 0 Å². The van der Waals surface area contributed by atoms with E-state index in [9.17, 15) is 4.79 Å². The van der Waals surface area contributed by atoms with Crippen LogP contribution in [0.2, 0.25) is 0 Å². The van der Waals surface area contributed by atoms with Crippen LogP contribution in [0.3, 0.4) is 0 Å². The fourth-order valence-corrected chi connectivity index (χ4v) is 3.92. The van der Waals surface area contributed by atoms with E-state index in [2.05, 4.69) is 28.8 Å². The van der Waals surface area contributed by atoms with Crippen LogP contribution in [0, 0.1) is 0 Å². The van der Waals surface area contributed by atoms with Crippen LogP contribution >= 0.6 is 0 Å². The van der Waals surface area contributed by atoms with Crippen LogP contribution in [-0.2, 0) is 14.3 Å². The molecule has 3 aliphatic heterocycles. The number of fused-ring (bicyclic) bond motifs is 1. The lowest BCUT2D eigenvalue weighted by atomic mass is 10.0. The van der Waals surface area contributed by atoms with Gasteiger partial charge < -0.3 is 25.0 Å². The standard InChI is InChI=1S/C20H27N3O3/c1-13(2)23-18-4-3-15(22-14-5-8-25-9-6-14)11-16(18)19(20(23)24)17-12-26-10-7-21-17/h3-4,11,13-14,21-22H,5-10,12H2,1-2H3/b19-17-. The van der Waals surface area contributed by atoms with E-state index in [1.165, 1.54) is 0 Å². The number of rotatable bonds is 3. The molecule has 3 heterocycles. The second-order valence-electron chi connectivity index (χ2n) is 7.36. The lowest BCUT2D eigenvalue weighted by Gasteiger charge is -2.25. The summed E-state index contributed by atoms with van der Waals surface area (Å²) < 4.78 is 11.0. The Morgan fingerprint density at radius 1 is 1.19 bits per heavy atom. The molecular formula is C20H27N3O3. The van der Waals surface area contributed by atoms with Crippen molar-refractivity contribution in [1.82, 2.24) is 5.32 Å². The molecular weight excluding hydrogens is 330 g/mol. The summed E-state index contributed by atoms with van der Waals surface area (Å²) in [5.41, 5.74) is 4.69. The third-order valence-electron chi connectivity index (χ3n) is 5.20. The molecule has 0 atom stereocenters. The summed E-state index contributed by atoms with van der Waals surface area (Å²) in [4.78, 5) is 15.0. The number of morpholine rings is 1. The number of hydrogen-bond acceptors (Lipinski definition) is 5. The van der Waals surface area contributed by atoms with Crippen molar-refractivity contribution < 1.29 is 14.3 Å². The van der Waals surface area contributed by atoms with Crippen molar-refractivity contribution in [3.05, 3.63) is 29.5 Å². The second-order valence-corrected chi connectivity index (χ2v) is 7.36. The Hall–Kier alpha value is -2.05. The second kappa shape index (κ2) is 7.29. The van der Waals surface area contributed by atoms with E-state index >= 15 is 0 Å². The lowest BCUT2D eigenvalue weighted by Crippen LogP contribution is -2.35. The van der Waals surface area contributed by atoms with Crippen molar-refractivity contribution in [2.45, 2.75) is 38.8 Å². The summed E-state index contributed by atoms with van der Waals surface area (Å²) in [6.45, 7) is 7.59. The Morgan fingerprint density at radius 3 is 2.69 bits per heavy atom. The van der Waals surface area contributed by atoms with Crippen LogP contribution in [-0.4, -0.2) is 51.0 Å². The average Bonchev–Trinajstić information content (AvgIpc) is 2.94. The number of nitrogens with one attached hydrogen (secondary N) is 2. The van der Waals surface area contributed by atoms with E-state index in [1.54, 1.807) is 0 Å². The molecule has 26 heavy (non-hydrogen) atoms.